The first kappa shape index (κ1) is 22.3. The highest BCUT2D eigenvalue weighted by molar-refractivity contribution is 5.85. The number of hydrogen-bond acceptors (Lipinski definition) is 5. The topological polar surface area (TPSA) is 59.0 Å². The molecule has 0 radical (unpaired) electrons. The zero-order valence-electron chi connectivity index (χ0n) is 20.0. The smallest absolute Gasteiger partial charge is 0.164 e. The van der Waals surface area contributed by atoms with Crippen LogP contribution in [-0.4, -0.2) is 49.1 Å². The summed E-state index contributed by atoms with van der Waals surface area (Å²) in [6, 6.07) is 12.7. The van der Waals surface area contributed by atoms with E-state index in [1.807, 2.05) is 12.1 Å². The third-order valence-electron chi connectivity index (χ3n) is 8.67. The number of benzene rings is 2. The van der Waals surface area contributed by atoms with Gasteiger partial charge < -0.3 is 19.5 Å². The van der Waals surface area contributed by atoms with Gasteiger partial charge in [-0.25, -0.2) is 0 Å². The van der Waals surface area contributed by atoms with Crippen molar-refractivity contribution in [2.45, 2.75) is 56.9 Å². The summed E-state index contributed by atoms with van der Waals surface area (Å²) in [5, 5.41) is 11.4. The van der Waals surface area contributed by atoms with Gasteiger partial charge in [-0.3, -0.25) is 4.79 Å². The summed E-state index contributed by atoms with van der Waals surface area (Å²) >= 11 is 0. The largest absolute Gasteiger partial charge is 0.504 e. The van der Waals surface area contributed by atoms with Gasteiger partial charge in [0.2, 0.25) is 0 Å². The van der Waals surface area contributed by atoms with Crippen LogP contribution in [-0.2, 0) is 23.1 Å². The van der Waals surface area contributed by atoms with Crippen LogP contribution in [0, 0.1) is 11.8 Å². The van der Waals surface area contributed by atoms with Gasteiger partial charge in [0.05, 0.1) is 13.7 Å². The van der Waals surface area contributed by atoms with E-state index in [4.69, 9.17) is 9.47 Å². The minimum atomic E-state index is -0.346. The Labute approximate surface area is 196 Å². The maximum absolute atomic E-state index is 13.0. The van der Waals surface area contributed by atoms with Crippen LogP contribution in [0.25, 0.3) is 0 Å². The molecule has 1 saturated heterocycles. The van der Waals surface area contributed by atoms with E-state index in [1.165, 1.54) is 5.56 Å². The lowest BCUT2D eigenvalue weighted by molar-refractivity contribution is -0.134. The number of Topliss-reactive ketones (excluding diaryl/α,β-unsaturated/α-hetero) is 1. The van der Waals surface area contributed by atoms with Crippen LogP contribution in [0.15, 0.2) is 36.4 Å². The average Bonchev–Trinajstić information content (AvgIpc) is 2.83. The van der Waals surface area contributed by atoms with Crippen molar-refractivity contribution in [2.75, 3.05) is 27.3 Å². The Kier molecular flexibility index (Phi) is 5.86. The lowest BCUT2D eigenvalue weighted by Crippen LogP contribution is -2.64. The lowest BCUT2D eigenvalue weighted by Gasteiger charge is -2.60. The zero-order valence-corrected chi connectivity index (χ0v) is 20.0. The number of nitrogens with zero attached hydrogens (tertiary/aromatic N) is 1. The third-order valence-corrected chi connectivity index (χ3v) is 8.67. The molecule has 0 unspecified atom stereocenters. The normalized spacial score (nSPS) is 28.7. The number of likely N-dealkylation sites (N-methyl/N-ethyl adjacent to an activating group) is 1. The van der Waals surface area contributed by atoms with E-state index in [9.17, 15) is 9.90 Å². The van der Waals surface area contributed by atoms with Gasteiger partial charge in [-0.05, 0) is 57.2 Å². The molecule has 2 bridgehead atoms. The fraction of sp³-hybridized carbons (Fsp3) is 0.536. The molecule has 1 heterocycles. The summed E-state index contributed by atoms with van der Waals surface area (Å²) in [5.74, 6) is 2.02. The molecule has 33 heavy (non-hydrogen) atoms. The number of ether oxygens (including phenoxy) is 2. The van der Waals surface area contributed by atoms with Crippen LogP contribution in [0.3, 0.4) is 0 Å². The number of aryl methyl sites for hydroxylation is 1. The minimum Gasteiger partial charge on any atom is -0.504 e. The molecule has 1 aliphatic heterocycles. The van der Waals surface area contributed by atoms with Gasteiger partial charge in [-0.1, -0.05) is 37.3 Å². The number of likely N-dealkylation sites (tertiary alicyclic amines) is 1. The number of hydrogen-bond donors (Lipinski definition) is 1. The number of aromatic hydroxyl groups is 1. The number of fused-ring (bicyclic) bond motifs is 1. The van der Waals surface area contributed by atoms with Gasteiger partial charge in [0.15, 0.2) is 11.5 Å². The number of ketones is 1. The van der Waals surface area contributed by atoms with E-state index in [0.717, 1.165) is 55.5 Å². The van der Waals surface area contributed by atoms with Crippen LogP contribution >= 0.6 is 0 Å². The summed E-state index contributed by atoms with van der Waals surface area (Å²) < 4.78 is 12.0. The first-order valence-corrected chi connectivity index (χ1v) is 12.3. The summed E-state index contributed by atoms with van der Waals surface area (Å²) in [5.41, 5.74) is 2.96. The quantitative estimate of drug-likeness (QED) is 0.657. The lowest BCUT2D eigenvalue weighted by atomic mass is 9.48. The molecule has 5 nitrogen and oxygen atoms in total. The van der Waals surface area contributed by atoms with Crippen LogP contribution in [0.1, 0.15) is 49.3 Å². The van der Waals surface area contributed by atoms with Crippen molar-refractivity contribution in [3.05, 3.63) is 53.1 Å². The standard InChI is InChI=1S/C28H35NO4/c1-18-23(30)12-11-21-22-16-20-24(33-15-7-10-19-8-5-4-6-9-19)17-25(32-3)27(31)26(20)28(18,21)13-14-29(22)2/h4-6,8-9,17-18,21-22,31H,7,10-16H2,1-3H3/t18-,21+,22-,28+/m1/s1. The molecule has 2 aromatic rings. The Bertz CT molecular complexity index is 1040. The van der Waals surface area contributed by atoms with Crippen molar-refractivity contribution in [1.82, 2.24) is 4.90 Å². The predicted molar refractivity (Wildman–Crippen MR) is 128 cm³/mol. The summed E-state index contributed by atoms with van der Waals surface area (Å²) in [6.45, 7) is 3.61. The monoisotopic (exact) mass is 449 g/mol. The molecule has 5 heteroatoms. The Balaban J connectivity index is 1.52. The average molecular weight is 450 g/mol. The molecule has 5 rings (SSSR count). The number of phenols is 1. The number of piperidine rings is 1. The molecular weight excluding hydrogens is 414 g/mol. The fourth-order valence-corrected chi connectivity index (χ4v) is 6.94. The number of methoxy groups -OCH3 is 1. The fourth-order valence-electron chi connectivity index (χ4n) is 6.94. The molecule has 4 atom stereocenters. The van der Waals surface area contributed by atoms with Crippen LogP contribution in [0.2, 0.25) is 0 Å². The third kappa shape index (κ3) is 3.52. The second kappa shape index (κ2) is 8.68. The van der Waals surface area contributed by atoms with Gasteiger partial charge in [0.25, 0.3) is 0 Å². The van der Waals surface area contributed by atoms with Crippen molar-refractivity contribution >= 4 is 5.78 Å². The Morgan fingerprint density at radius 1 is 1.21 bits per heavy atom. The van der Waals surface area contributed by atoms with Crippen LogP contribution in [0.5, 0.6) is 17.2 Å². The number of phenolic OH excluding ortho intramolecular Hbond substituents is 1. The highest BCUT2D eigenvalue weighted by Gasteiger charge is 2.60. The van der Waals surface area contributed by atoms with Crippen molar-refractivity contribution in [3.8, 4) is 17.2 Å². The zero-order chi connectivity index (χ0) is 23.2. The molecule has 0 amide bonds. The maximum atomic E-state index is 13.0. The van der Waals surface area contributed by atoms with Gasteiger partial charge in [0, 0.05) is 41.0 Å². The van der Waals surface area contributed by atoms with E-state index in [-0.39, 0.29) is 17.1 Å². The second-order valence-electron chi connectivity index (χ2n) is 10.1. The molecule has 2 fully saturated rings. The maximum Gasteiger partial charge on any atom is 0.164 e. The van der Waals surface area contributed by atoms with Gasteiger partial charge in [-0.15, -0.1) is 0 Å². The van der Waals surface area contributed by atoms with E-state index >= 15 is 0 Å². The summed E-state index contributed by atoms with van der Waals surface area (Å²) in [6.07, 6.45) is 5.11. The van der Waals surface area contributed by atoms with Crippen molar-refractivity contribution in [2.24, 2.45) is 11.8 Å². The highest BCUT2D eigenvalue weighted by Crippen LogP contribution is 2.61. The molecule has 0 aromatic heterocycles. The Morgan fingerprint density at radius 3 is 2.76 bits per heavy atom. The Hall–Kier alpha value is -2.53. The highest BCUT2D eigenvalue weighted by atomic mass is 16.5. The van der Waals surface area contributed by atoms with Gasteiger partial charge >= 0.3 is 0 Å². The van der Waals surface area contributed by atoms with Crippen molar-refractivity contribution < 1.29 is 19.4 Å². The number of carbonyl (C=O) groups excluding carboxylic acids is 1. The van der Waals surface area contributed by atoms with E-state index in [2.05, 4.69) is 43.1 Å². The molecular formula is C28H35NO4. The van der Waals surface area contributed by atoms with Crippen molar-refractivity contribution in [1.29, 1.82) is 0 Å². The van der Waals surface area contributed by atoms with E-state index in [1.54, 1.807) is 7.11 Å². The number of rotatable bonds is 6. The number of carbonyl (C=O) groups is 1. The second-order valence-corrected chi connectivity index (χ2v) is 10.1. The molecule has 0 spiro atoms. The molecule has 3 aliphatic rings. The first-order valence-electron chi connectivity index (χ1n) is 12.3. The minimum absolute atomic E-state index is 0.115. The molecule has 1 saturated carbocycles. The van der Waals surface area contributed by atoms with Gasteiger partial charge in [0.1, 0.15) is 11.5 Å². The molecule has 2 aliphatic carbocycles. The predicted octanol–water partition coefficient (Wildman–Crippen LogP) is 4.53. The molecule has 1 N–H and O–H groups in total. The Morgan fingerprint density at radius 2 is 2.00 bits per heavy atom. The van der Waals surface area contributed by atoms with Crippen molar-refractivity contribution in [3.63, 3.8) is 0 Å². The van der Waals surface area contributed by atoms with Crippen LogP contribution in [0.4, 0.5) is 0 Å². The van der Waals surface area contributed by atoms with Crippen LogP contribution < -0.4 is 9.47 Å². The molecule has 2 aromatic carbocycles. The molecule has 176 valence electrons. The van der Waals surface area contributed by atoms with Gasteiger partial charge in [-0.2, -0.15) is 0 Å². The van der Waals surface area contributed by atoms with E-state index in [0.29, 0.717) is 36.5 Å². The SMILES string of the molecule is COc1cc(OCCCc2ccccc2)c2c(c1O)[C@]13CCN(C)[C@H](C2)[C@@H]1CCC(=O)[C@H]3C. The van der Waals surface area contributed by atoms with E-state index < -0.39 is 0 Å². The summed E-state index contributed by atoms with van der Waals surface area (Å²) in [7, 11) is 3.79. The summed E-state index contributed by atoms with van der Waals surface area (Å²) in [4.78, 5) is 15.4. The first-order chi connectivity index (χ1) is 16.0.